The molecule has 8 nitrogen and oxygen atoms in total. The summed E-state index contributed by atoms with van der Waals surface area (Å²) in [6.45, 7) is 5.10. The minimum atomic E-state index is -0.422. The lowest BCUT2D eigenvalue weighted by molar-refractivity contribution is -0.0249. The van der Waals surface area contributed by atoms with Crippen LogP contribution in [0, 0.1) is 5.41 Å². The van der Waals surface area contributed by atoms with Crippen molar-refractivity contribution in [2.45, 2.75) is 6.92 Å². The van der Waals surface area contributed by atoms with E-state index in [1.807, 2.05) is 26.5 Å². The van der Waals surface area contributed by atoms with Gasteiger partial charge in [0.05, 0.1) is 30.9 Å². The molecular formula is C23H32N4O4. The fourth-order valence-corrected chi connectivity index (χ4v) is 3.97. The predicted octanol–water partition coefficient (Wildman–Crippen LogP) is 2.03. The molecule has 0 fully saturated rings. The van der Waals surface area contributed by atoms with Crippen LogP contribution in [0.4, 0.5) is 0 Å². The van der Waals surface area contributed by atoms with E-state index in [-0.39, 0.29) is 12.4 Å². The van der Waals surface area contributed by atoms with Crippen molar-refractivity contribution >= 4 is 11.8 Å². The normalized spacial score (nSPS) is 15.9. The molecule has 2 heterocycles. The topological polar surface area (TPSA) is 65.6 Å². The first-order valence-corrected chi connectivity index (χ1v) is 10.3. The SMILES string of the molecule is COCC(COC(=O)c1ccc(C(C)=O)cc1)(CN1C=CN(C)C1)CN1C=CN(C)C1. The summed E-state index contributed by atoms with van der Waals surface area (Å²) in [4.78, 5) is 32.8. The molecule has 2 aliphatic heterocycles. The minimum absolute atomic E-state index is 0.0358. The van der Waals surface area contributed by atoms with Gasteiger partial charge in [0.2, 0.25) is 0 Å². The van der Waals surface area contributed by atoms with Crippen molar-refractivity contribution in [1.29, 1.82) is 0 Å². The molecule has 0 aromatic heterocycles. The highest BCUT2D eigenvalue weighted by molar-refractivity contribution is 5.96. The number of ether oxygens (including phenoxy) is 2. The van der Waals surface area contributed by atoms with Gasteiger partial charge in [0.15, 0.2) is 5.78 Å². The lowest BCUT2D eigenvalue weighted by Crippen LogP contribution is -2.49. The lowest BCUT2D eigenvalue weighted by atomic mass is 9.88. The van der Waals surface area contributed by atoms with E-state index in [0.717, 1.165) is 13.3 Å². The minimum Gasteiger partial charge on any atom is -0.461 e. The lowest BCUT2D eigenvalue weighted by Gasteiger charge is -2.39. The molecule has 168 valence electrons. The average molecular weight is 429 g/mol. The van der Waals surface area contributed by atoms with Crippen molar-refractivity contribution in [2.24, 2.45) is 5.41 Å². The van der Waals surface area contributed by atoms with Gasteiger partial charge in [-0.15, -0.1) is 0 Å². The second kappa shape index (κ2) is 9.87. The van der Waals surface area contributed by atoms with E-state index in [9.17, 15) is 9.59 Å². The molecule has 0 atom stereocenters. The van der Waals surface area contributed by atoms with E-state index in [4.69, 9.17) is 9.47 Å². The zero-order chi connectivity index (χ0) is 22.4. The van der Waals surface area contributed by atoms with Crippen molar-refractivity contribution in [3.63, 3.8) is 0 Å². The van der Waals surface area contributed by atoms with E-state index in [0.29, 0.717) is 30.8 Å². The van der Waals surface area contributed by atoms with Gasteiger partial charge in [-0.2, -0.15) is 0 Å². The number of esters is 1. The zero-order valence-corrected chi connectivity index (χ0v) is 18.8. The molecule has 0 N–H and O–H groups in total. The summed E-state index contributed by atoms with van der Waals surface area (Å²) in [6, 6.07) is 6.56. The van der Waals surface area contributed by atoms with Crippen LogP contribution in [0.5, 0.6) is 0 Å². The second-order valence-corrected chi connectivity index (χ2v) is 8.53. The Morgan fingerprint density at radius 2 is 1.39 bits per heavy atom. The third-order valence-electron chi connectivity index (χ3n) is 5.44. The maximum absolute atomic E-state index is 12.7. The number of carbonyl (C=O) groups is 2. The molecule has 8 heteroatoms. The highest BCUT2D eigenvalue weighted by atomic mass is 16.5. The number of methoxy groups -OCH3 is 1. The first-order chi connectivity index (χ1) is 14.8. The van der Waals surface area contributed by atoms with Crippen molar-refractivity contribution in [1.82, 2.24) is 19.6 Å². The maximum Gasteiger partial charge on any atom is 0.338 e. The van der Waals surface area contributed by atoms with Crippen LogP contribution in [0.2, 0.25) is 0 Å². The van der Waals surface area contributed by atoms with E-state index < -0.39 is 11.4 Å². The maximum atomic E-state index is 12.7. The molecule has 0 radical (unpaired) electrons. The highest BCUT2D eigenvalue weighted by Crippen LogP contribution is 2.26. The van der Waals surface area contributed by atoms with Crippen molar-refractivity contribution in [2.75, 3.05) is 60.8 Å². The molecule has 1 aromatic carbocycles. The predicted molar refractivity (Wildman–Crippen MR) is 118 cm³/mol. The Balaban J connectivity index is 1.73. The molecule has 1 aromatic rings. The Bertz CT molecular complexity index is 808. The molecule has 31 heavy (non-hydrogen) atoms. The van der Waals surface area contributed by atoms with Gasteiger partial charge >= 0.3 is 5.97 Å². The quantitative estimate of drug-likeness (QED) is 0.414. The number of benzene rings is 1. The van der Waals surface area contributed by atoms with E-state index in [1.165, 1.54) is 6.92 Å². The van der Waals surface area contributed by atoms with Crippen LogP contribution >= 0.6 is 0 Å². The number of Topliss-reactive ketones (excluding diaryl/α,β-unsaturated/α-hetero) is 1. The van der Waals surface area contributed by atoms with Crippen LogP contribution in [0.25, 0.3) is 0 Å². The van der Waals surface area contributed by atoms with Gasteiger partial charge in [0.1, 0.15) is 6.61 Å². The average Bonchev–Trinajstić information content (AvgIpc) is 3.33. The molecular weight excluding hydrogens is 396 g/mol. The van der Waals surface area contributed by atoms with Gasteiger partial charge < -0.3 is 29.1 Å². The van der Waals surface area contributed by atoms with Crippen LogP contribution in [-0.4, -0.2) is 92.2 Å². The summed E-state index contributed by atoms with van der Waals surface area (Å²) in [6.07, 6.45) is 8.17. The molecule has 0 amide bonds. The molecule has 0 aliphatic carbocycles. The van der Waals surface area contributed by atoms with Crippen LogP contribution in [-0.2, 0) is 9.47 Å². The van der Waals surface area contributed by atoms with Crippen molar-refractivity contribution < 1.29 is 19.1 Å². The summed E-state index contributed by atoms with van der Waals surface area (Å²) >= 11 is 0. The Morgan fingerprint density at radius 1 is 0.871 bits per heavy atom. The third kappa shape index (κ3) is 6.01. The summed E-state index contributed by atoms with van der Waals surface area (Å²) in [5, 5.41) is 0. The van der Waals surface area contributed by atoms with E-state index in [1.54, 1.807) is 31.4 Å². The molecule has 0 spiro atoms. The number of nitrogens with zero attached hydrogens (tertiary/aromatic N) is 4. The fourth-order valence-electron chi connectivity index (χ4n) is 3.97. The van der Waals surface area contributed by atoms with Crippen LogP contribution < -0.4 is 0 Å². The first kappa shape index (κ1) is 22.7. The Labute approximate surface area is 184 Å². The molecule has 0 unspecified atom stereocenters. The van der Waals surface area contributed by atoms with Gasteiger partial charge in [-0.05, 0) is 19.1 Å². The first-order valence-electron chi connectivity index (χ1n) is 10.3. The second-order valence-electron chi connectivity index (χ2n) is 8.53. The smallest absolute Gasteiger partial charge is 0.338 e. The van der Waals surface area contributed by atoms with Gasteiger partial charge in [-0.1, -0.05) is 12.1 Å². The number of hydrogen-bond acceptors (Lipinski definition) is 8. The number of ketones is 1. The van der Waals surface area contributed by atoms with Crippen LogP contribution in [0.15, 0.2) is 49.1 Å². The Kier molecular flexibility index (Phi) is 7.22. The summed E-state index contributed by atoms with van der Waals surface area (Å²) in [5.74, 6) is -0.440. The summed E-state index contributed by atoms with van der Waals surface area (Å²) < 4.78 is 11.4. The number of hydrogen-bond donors (Lipinski definition) is 0. The molecule has 2 aliphatic rings. The van der Waals surface area contributed by atoms with Gasteiger partial charge in [-0.3, -0.25) is 4.79 Å². The van der Waals surface area contributed by atoms with E-state index in [2.05, 4.69) is 32.0 Å². The highest BCUT2D eigenvalue weighted by Gasteiger charge is 2.37. The molecule has 0 saturated heterocycles. The van der Waals surface area contributed by atoms with Crippen LogP contribution in [0.1, 0.15) is 27.6 Å². The Morgan fingerprint density at radius 3 is 1.81 bits per heavy atom. The van der Waals surface area contributed by atoms with Gasteiger partial charge in [0.25, 0.3) is 0 Å². The fraction of sp³-hybridized carbons (Fsp3) is 0.478. The molecule has 3 rings (SSSR count). The number of rotatable bonds is 10. The Hall–Kier alpha value is -3.00. The molecule has 0 bridgehead atoms. The number of carbonyl (C=O) groups excluding carboxylic acids is 2. The standard InChI is InChI=1S/C23H32N4O4/c1-19(28)20-5-7-21(8-6-20)22(29)31-16-23(15-30-4,13-26-11-9-24(2)17-26)14-27-12-10-25(3)18-27/h5-12H,13-18H2,1-4H3. The largest absolute Gasteiger partial charge is 0.461 e. The van der Waals surface area contributed by atoms with Crippen LogP contribution in [0.3, 0.4) is 0 Å². The third-order valence-corrected chi connectivity index (χ3v) is 5.44. The zero-order valence-electron chi connectivity index (χ0n) is 18.8. The summed E-state index contributed by atoms with van der Waals surface area (Å²) in [5.41, 5.74) is 0.576. The van der Waals surface area contributed by atoms with Gasteiger partial charge in [0, 0.05) is 64.7 Å². The van der Waals surface area contributed by atoms with Gasteiger partial charge in [-0.25, -0.2) is 4.79 Å². The van der Waals surface area contributed by atoms with Crippen molar-refractivity contribution in [3.05, 3.63) is 60.2 Å². The summed E-state index contributed by atoms with van der Waals surface area (Å²) in [7, 11) is 5.73. The monoisotopic (exact) mass is 428 g/mol. The van der Waals surface area contributed by atoms with E-state index >= 15 is 0 Å². The molecule has 0 saturated carbocycles. The van der Waals surface area contributed by atoms with Crippen molar-refractivity contribution in [3.8, 4) is 0 Å².